The molecule has 0 aliphatic carbocycles. The van der Waals surface area contributed by atoms with Crippen LogP contribution in [0.5, 0.6) is 0 Å². The Balaban J connectivity index is 1.51. The molecule has 5 nitrogen and oxygen atoms in total. The predicted octanol–water partition coefficient (Wildman–Crippen LogP) is 4.00. The highest BCUT2D eigenvalue weighted by Gasteiger charge is 2.24. The zero-order valence-electron chi connectivity index (χ0n) is 15.7. The maximum atomic E-state index is 12.5. The molecular formula is C20H27BrN4O. The van der Waals surface area contributed by atoms with Crippen molar-refractivity contribution in [2.24, 2.45) is 0 Å². The molecule has 0 radical (unpaired) electrons. The van der Waals surface area contributed by atoms with Crippen molar-refractivity contribution in [2.45, 2.75) is 52.1 Å². The first-order chi connectivity index (χ1) is 12.4. The SMILES string of the molecule is Cc1cccc(CN2CCC(NC(=O)c3n[nH]c(C(C)C)c3Br)CC2)c1. The summed E-state index contributed by atoms with van der Waals surface area (Å²) in [4.78, 5) is 15.0. The summed E-state index contributed by atoms with van der Waals surface area (Å²) in [6.45, 7) is 9.25. The van der Waals surface area contributed by atoms with Crippen molar-refractivity contribution in [3.8, 4) is 0 Å². The van der Waals surface area contributed by atoms with E-state index in [-0.39, 0.29) is 11.9 Å². The lowest BCUT2D eigenvalue weighted by molar-refractivity contribution is 0.0903. The Morgan fingerprint density at radius 3 is 2.73 bits per heavy atom. The summed E-state index contributed by atoms with van der Waals surface area (Å²) in [5.74, 6) is 0.195. The van der Waals surface area contributed by atoms with E-state index < -0.39 is 0 Å². The lowest BCUT2D eigenvalue weighted by atomic mass is 10.0. The molecular weight excluding hydrogens is 392 g/mol. The Morgan fingerprint density at radius 2 is 2.12 bits per heavy atom. The fourth-order valence-corrected chi connectivity index (χ4v) is 4.25. The second-order valence-corrected chi connectivity index (χ2v) is 8.26. The van der Waals surface area contributed by atoms with Crippen LogP contribution in [0.4, 0.5) is 0 Å². The molecule has 1 aromatic heterocycles. The van der Waals surface area contributed by atoms with Gasteiger partial charge in [-0.15, -0.1) is 0 Å². The first-order valence-electron chi connectivity index (χ1n) is 9.26. The molecule has 0 saturated carbocycles. The van der Waals surface area contributed by atoms with Gasteiger partial charge in [-0.1, -0.05) is 43.7 Å². The van der Waals surface area contributed by atoms with Crippen molar-refractivity contribution in [3.05, 3.63) is 51.3 Å². The maximum absolute atomic E-state index is 12.5. The summed E-state index contributed by atoms with van der Waals surface area (Å²) in [6, 6.07) is 8.88. The molecule has 140 valence electrons. The Bertz CT molecular complexity index is 763. The first kappa shape index (κ1) is 19.1. The lowest BCUT2D eigenvalue weighted by Crippen LogP contribution is -2.44. The van der Waals surface area contributed by atoms with Crippen LogP contribution in [0.1, 0.15) is 59.9 Å². The average molecular weight is 419 g/mol. The summed E-state index contributed by atoms with van der Waals surface area (Å²) >= 11 is 3.51. The quantitative estimate of drug-likeness (QED) is 0.770. The predicted molar refractivity (Wildman–Crippen MR) is 107 cm³/mol. The highest BCUT2D eigenvalue weighted by molar-refractivity contribution is 9.10. The largest absolute Gasteiger partial charge is 0.348 e. The number of nitrogens with one attached hydrogen (secondary N) is 2. The van der Waals surface area contributed by atoms with Gasteiger partial charge < -0.3 is 5.32 Å². The molecule has 0 atom stereocenters. The van der Waals surface area contributed by atoms with Gasteiger partial charge in [0.05, 0.1) is 10.2 Å². The minimum Gasteiger partial charge on any atom is -0.348 e. The fraction of sp³-hybridized carbons (Fsp3) is 0.500. The molecule has 2 N–H and O–H groups in total. The van der Waals surface area contributed by atoms with Crippen LogP contribution in [-0.2, 0) is 6.54 Å². The molecule has 26 heavy (non-hydrogen) atoms. The molecule has 1 aliphatic heterocycles. The number of hydrogen-bond donors (Lipinski definition) is 2. The van der Waals surface area contributed by atoms with Crippen LogP contribution in [-0.4, -0.2) is 40.1 Å². The number of amides is 1. The molecule has 0 unspecified atom stereocenters. The van der Waals surface area contributed by atoms with Gasteiger partial charge in [0.25, 0.3) is 5.91 Å². The number of aromatic nitrogens is 2. The number of aryl methyl sites for hydroxylation is 1. The number of carbonyl (C=O) groups excluding carboxylic acids is 1. The number of piperidine rings is 1. The zero-order chi connectivity index (χ0) is 18.7. The van der Waals surface area contributed by atoms with Gasteiger partial charge in [-0.3, -0.25) is 14.8 Å². The van der Waals surface area contributed by atoms with Crippen LogP contribution in [0.15, 0.2) is 28.7 Å². The number of aromatic amines is 1. The van der Waals surface area contributed by atoms with E-state index in [1.807, 2.05) is 0 Å². The van der Waals surface area contributed by atoms with Crippen molar-refractivity contribution in [1.29, 1.82) is 0 Å². The van der Waals surface area contributed by atoms with Crippen molar-refractivity contribution in [1.82, 2.24) is 20.4 Å². The molecule has 1 aliphatic rings. The van der Waals surface area contributed by atoms with Gasteiger partial charge in [0.2, 0.25) is 0 Å². The molecule has 1 fully saturated rings. The standard InChI is InChI=1S/C20H27BrN4O/c1-13(2)18-17(21)19(24-23-18)20(26)22-16-7-9-25(10-8-16)12-15-6-4-5-14(3)11-15/h4-6,11,13,16H,7-10,12H2,1-3H3,(H,22,26)(H,23,24). The Hall–Kier alpha value is -1.66. The number of H-pyrrole nitrogens is 1. The maximum Gasteiger partial charge on any atom is 0.273 e. The van der Waals surface area contributed by atoms with Crippen molar-refractivity contribution in [3.63, 3.8) is 0 Å². The third kappa shape index (κ3) is 4.54. The van der Waals surface area contributed by atoms with E-state index in [4.69, 9.17) is 0 Å². The smallest absolute Gasteiger partial charge is 0.273 e. The molecule has 2 heterocycles. The third-order valence-electron chi connectivity index (χ3n) is 4.94. The minimum absolute atomic E-state index is 0.0999. The van der Waals surface area contributed by atoms with Crippen molar-refractivity contribution in [2.75, 3.05) is 13.1 Å². The van der Waals surface area contributed by atoms with Crippen LogP contribution in [0.25, 0.3) is 0 Å². The number of carbonyl (C=O) groups is 1. The Labute approximate surface area is 163 Å². The fourth-order valence-electron chi connectivity index (χ4n) is 3.43. The average Bonchev–Trinajstić information content (AvgIpc) is 2.98. The van der Waals surface area contributed by atoms with E-state index in [0.29, 0.717) is 11.6 Å². The highest BCUT2D eigenvalue weighted by Crippen LogP contribution is 2.25. The van der Waals surface area contributed by atoms with Gasteiger partial charge in [0.1, 0.15) is 0 Å². The van der Waals surface area contributed by atoms with Gasteiger partial charge >= 0.3 is 0 Å². The van der Waals surface area contributed by atoms with Gasteiger partial charge in [-0.25, -0.2) is 0 Å². The summed E-state index contributed by atoms with van der Waals surface area (Å²) in [6.07, 6.45) is 1.94. The third-order valence-corrected chi connectivity index (χ3v) is 5.74. The molecule has 3 rings (SSSR count). The van der Waals surface area contributed by atoms with Crippen LogP contribution in [0.2, 0.25) is 0 Å². The van der Waals surface area contributed by atoms with E-state index in [1.165, 1.54) is 11.1 Å². The first-order valence-corrected chi connectivity index (χ1v) is 10.1. The topological polar surface area (TPSA) is 61.0 Å². The van der Waals surface area contributed by atoms with E-state index in [0.717, 1.165) is 42.6 Å². The Morgan fingerprint density at radius 1 is 1.38 bits per heavy atom. The van der Waals surface area contributed by atoms with Gasteiger partial charge in [0, 0.05) is 25.7 Å². The monoisotopic (exact) mass is 418 g/mol. The molecule has 0 bridgehead atoms. The van der Waals surface area contributed by atoms with E-state index in [2.05, 4.69) is 81.4 Å². The zero-order valence-corrected chi connectivity index (χ0v) is 17.3. The molecule has 1 saturated heterocycles. The van der Waals surface area contributed by atoms with E-state index in [9.17, 15) is 4.79 Å². The van der Waals surface area contributed by atoms with E-state index >= 15 is 0 Å². The van der Waals surface area contributed by atoms with Crippen molar-refractivity contribution >= 4 is 21.8 Å². The second kappa shape index (κ2) is 8.35. The highest BCUT2D eigenvalue weighted by atomic mass is 79.9. The summed E-state index contributed by atoms with van der Waals surface area (Å²) in [7, 11) is 0. The number of nitrogens with zero attached hydrogens (tertiary/aromatic N) is 2. The Kier molecular flexibility index (Phi) is 6.14. The lowest BCUT2D eigenvalue weighted by Gasteiger charge is -2.32. The summed E-state index contributed by atoms with van der Waals surface area (Å²) < 4.78 is 0.780. The van der Waals surface area contributed by atoms with Crippen LogP contribution in [0.3, 0.4) is 0 Å². The number of likely N-dealkylation sites (tertiary alicyclic amines) is 1. The van der Waals surface area contributed by atoms with Gasteiger partial charge in [-0.2, -0.15) is 5.10 Å². The molecule has 1 aromatic carbocycles. The molecule has 2 aromatic rings. The number of rotatable bonds is 5. The second-order valence-electron chi connectivity index (χ2n) is 7.47. The minimum atomic E-state index is -0.0999. The van der Waals surface area contributed by atoms with Gasteiger partial charge in [0.15, 0.2) is 5.69 Å². The molecule has 6 heteroatoms. The van der Waals surface area contributed by atoms with Crippen LogP contribution >= 0.6 is 15.9 Å². The van der Waals surface area contributed by atoms with Gasteiger partial charge in [-0.05, 0) is 47.2 Å². The summed E-state index contributed by atoms with van der Waals surface area (Å²) in [5.41, 5.74) is 4.07. The van der Waals surface area contributed by atoms with E-state index in [1.54, 1.807) is 0 Å². The summed E-state index contributed by atoms with van der Waals surface area (Å²) in [5, 5.41) is 10.3. The number of halogens is 1. The normalized spacial score (nSPS) is 16.2. The number of benzene rings is 1. The van der Waals surface area contributed by atoms with Crippen molar-refractivity contribution < 1.29 is 4.79 Å². The van der Waals surface area contributed by atoms with Crippen LogP contribution in [0, 0.1) is 6.92 Å². The number of hydrogen-bond acceptors (Lipinski definition) is 3. The van der Waals surface area contributed by atoms with Crippen LogP contribution < -0.4 is 5.32 Å². The molecule has 0 spiro atoms. The molecule has 1 amide bonds.